The van der Waals surface area contributed by atoms with Gasteiger partial charge in [0.1, 0.15) is 4.90 Å². The van der Waals surface area contributed by atoms with Gasteiger partial charge in [-0.15, -0.1) is 0 Å². The number of hydrogen-bond donors (Lipinski definition) is 0. The Hall–Kier alpha value is -3.13. The van der Waals surface area contributed by atoms with Crippen molar-refractivity contribution < 1.29 is 27.5 Å². The van der Waals surface area contributed by atoms with Crippen LogP contribution in [0.1, 0.15) is 29.9 Å². The van der Waals surface area contributed by atoms with E-state index in [1.165, 1.54) is 25.1 Å². The number of esters is 2. The van der Waals surface area contributed by atoms with E-state index >= 15 is 0 Å². The first-order valence-corrected chi connectivity index (χ1v) is 10.5. The molecule has 0 bridgehead atoms. The smallest absolute Gasteiger partial charge is 0.340 e. The average molecular weight is 415 g/mol. The molecule has 0 atom stereocenters. The molecular formula is C21H21NO6S. The van der Waals surface area contributed by atoms with Crippen LogP contribution in [0.2, 0.25) is 0 Å². The molecular weight excluding hydrogens is 394 g/mol. The van der Waals surface area contributed by atoms with E-state index in [2.05, 4.69) is 0 Å². The highest BCUT2D eigenvalue weighted by Crippen LogP contribution is 2.40. The maximum Gasteiger partial charge on any atom is 0.340 e. The van der Waals surface area contributed by atoms with Crippen LogP contribution in [0, 0.1) is 6.92 Å². The molecule has 29 heavy (non-hydrogen) atoms. The summed E-state index contributed by atoms with van der Waals surface area (Å²) in [5, 5.41) is 0.172. The maximum absolute atomic E-state index is 13.6. The van der Waals surface area contributed by atoms with Gasteiger partial charge in [-0.3, -0.25) is 4.79 Å². The summed E-state index contributed by atoms with van der Waals surface area (Å²) in [4.78, 5) is 24.1. The minimum Gasteiger partial charge on any atom is -0.462 e. The third kappa shape index (κ3) is 3.51. The predicted molar refractivity (Wildman–Crippen MR) is 107 cm³/mol. The zero-order chi connectivity index (χ0) is 21.3. The van der Waals surface area contributed by atoms with E-state index in [0.717, 1.165) is 0 Å². The van der Waals surface area contributed by atoms with Gasteiger partial charge in [-0.1, -0.05) is 18.2 Å². The van der Waals surface area contributed by atoms with Gasteiger partial charge in [-0.2, -0.15) is 0 Å². The van der Waals surface area contributed by atoms with Crippen molar-refractivity contribution >= 4 is 32.7 Å². The summed E-state index contributed by atoms with van der Waals surface area (Å²) in [5.41, 5.74) is 1.19. The van der Waals surface area contributed by atoms with Crippen LogP contribution in [0.5, 0.6) is 5.75 Å². The Balaban J connectivity index is 2.49. The summed E-state index contributed by atoms with van der Waals surface area (Å²) in [6.45, 7) is 4.70. The molecule has 3 aromatic rings. The molecule has 0 aliphatic heterocycles. The van der Waals surface area contributed by atoms with Crippen LogP contribution in [0.25, 0.3) is 10.9 Å². The molecule has 0 fully saturated rings. The van der Waals surface area contributed by atoms with Gasteiger partial charge in [0.15, 0.2) is 5.75 Å². The zero-order valence-electron chi connectivity index (χ0n) is 16.6. The lowest BCUT2D eigenvalue weighted by atomic mass is 10.1. The summed E-state index contributed by atoms with van der Waals surface area (Å²) >= 11 is 0. The first-order chi connectivity index (χ1) is 13.7. The van der Waals surface area contributed by atoms with Crippen molar-refractivity contribution in [3.63, 3.8) is 0 Å². The molecule has 0 aliphatic rings. The largest absolute Gasteiger partial charge is 0.462 e. The quantitative estimate of drug-likeness (QED) is 0.468. The Morgan fingerprint density at radius 2 is 1.72 bits per heavy atom. The molecule has 0 N–H and O–H groups in total. The SMILES string of the molecule is CCOC(=O)c1c(C)n(C)c2ccc(OC(C)=O)c(S(=O)(=O)c3ccccc3)c12. The highest BCUT2D eigenvalue weighted by Gasteiger charge is 2.32. The lowest BCUT2D eigenvalue weighted by Gasteiger charge is -2.13. The molecule has 0 amide bonds. The second-order valence-electron chi connectivity index (χ2n) is 6.44. The molecule has 152 valence electrons. The van der Waals surface area contributed by atoms with E-state index in [0.29, 0.717) is 11.2 Å². The number of fused-ring (bicyclic) bond motifs is 1. The third-order valence-electron chi connectivity index (χ3n) is 4.63. The van der Waals surface area contributed by atoms with Gasteiger partial charge in [-0.25, -0.2) is 13.2 Å². The molecule has 3 rings (SSSR count). The molecule has 0 radical (unpaired) electrons. The third-order valence-corrected chi connectivity index (χ3v) is 6.47. The summed E-state index contributed by atoms with van der Waals surface area (Å²) in [5.74, 6) is -1.44. The average Bonchev–Trinajstić information content (AvgIpc) is 2.92. The number of nitrogens with zero attached hydrogens (tertiary/aromatic N) is 1. The number of sulfone groups is 1. The number of ether oxygens (including phenoxy) is 2. The van der Waals surface area contributed by atoms with Crippen LogP contribution in [0.3, 0.4) is 0 Å². The summed E-state index contributed by atoms with van der Waals surface area (Å²) < 4.78 is 39.2. The van der Waals surface area contributed by atoms with Gasteiger partial charge < -0.3 is 14.0 Å². The fourth-order valence-electron chi connectivity index (χ4n) is 3.28. The fourth-order valence-corrected chi connectivity index (χ4v) is 4.88. The predicted octanol–water partition coefficient (Wildman–Crippen LogP) is 3.42. The van der Waals surface area contributed by atoms with Crippen LogP contribution in [-0.2, 0) is 26.4 Å². The van der Waals surface area contributed by atoms with Crippen molar-refractivity contribution in [1.82, 2.24) is 4.57 Å². The summed E-state index contributed by atoms with van der Waals surface area (Å²) in [7, 11) is -2.39. The lowest BCUT2D eigenvalue weighted by Crippen LogP contribution is -2.11. The molecule has 0 saturated heterocycles. The van der Waals surface area contributed by atoms with Gasteiger partial charge in [-0.05, 0) is 38.1 Å². The number of rotatable bonds is 5. The van der Waals surface area contributed by atoms with Gasteiger partial charge in [0.2, 0.25) is 9.84 Å². The van der Waals surface area contributed by atoms with E-state index in [9.17, 15) is 18.0 Å². The number of benzene rings is 2. The van der Waals surface area contributed by atoms with Crippen LogP contribution in [-0.4, -0.2) is 31.5 Å². The zero-order valence-corrected chi connectivity index (χ0v) is 17.4. The molecule has 0 spiro atoms. The first kappa shape index (κ1) is 20.6. The number of carbonyl (C=O) groups is 2. The molecule has 7 nitrogen and oxygen atoms in total. The van der Waals surface area contributed by atoms with E-state index in [-0.39, 0.29) is 33.1 Å². The second-order valence-corrected chi connectivity index (χ2v) is 8.32. The Kier molecular flexibility index (Phi) is 5.48. The Bertz CT molecular complexity index is 1210. The highest BCUT2D eigenvalue weighted by atomic mass is 32.2. The number of aryl methyl sites for hydroxylation is 1. The maximum atomic E-state index is 13.6. The molecule has 0 saturated carbocycles. The van der Waals surface area contributed by atoms with Gasteiger partial charge in [0.25, 0.3) is 0 Å². The summed E-state index contributed by atoms with van der Waals surface area (Å²) in [6, 6.07) is 10.8. The minimum absolute atomic E-state index is 0.0252. The molecule has 2 aromatic carbocycles. The number of carbonyl (C=O) groups excluding carboxylic acids is 2. The number of aromatic nitrogens is 1. The first-order valence-electron chi connectivity index (χ1n) is 8.97. The van der Waals surface area contributed by atoms with Gasteiger partial charge >= 0.3 is 11.9 Å². The van der Waals surface area contributed by atoms with E-state index in [1.807, 2.05) is 0 Å². The van der Waals surface area contributed by atoms with E-state index in [4.69, 9.17) is 9.47 Å². The Labute approximate surface area is 168 Å². The van der Waals surface area contributed by atoms with Crippen molar-refractivity contribution in [2.24, 2.45) is 7.05 Å². The Morgan fingerprint density at radius 1 is 1.07 bits per heavy atom. The van der Waals surface area contributed by atoms with Crippen LogP contribution in [0.4, 0.5) is 0 Å². The topological polar surface area (TPSA) is 91.7 Å². The molecule has 0 aliphatic carbocycles. The second kappa shape index (κ2) is 7.71. The van der Waals surface area contributed by atoms with Crippen molar-refractivity contribution in [3.05, 3.63) is 53.7 Å². The monoisotopic (exact) mass is 415 g/mol. The highest BCUT2D eigenvalue weighted by molar-refractivity contribution is 7.91. The van der Waals surface area contributed by atoms with Crippen molar-refractivity contribution in [3.8, 4) is 5.75 Å². The molecule has 8 heteroatoms. The minimum atomic E-state index is -4.11. The van der Waals surface area contributed by atoms with Crippen LogP contribution < -0.4 is 4.74 Å². The Morgan fingerprint density at radius 3 is 2.31 bits per heavy atom. The van der Waals surface area contributed by atoms with Crippen LogP contribution in [0.15, 0.2) is 52.3 Å². The summed E-state index contributed by atoms with van der Waals surface area (Å²) in [6.07, 6.45) is 0. The molecule has 0 unspecified atom stereocenters. The van der Waals surface area contributed by atoms with Gasteiger partial charge in [0, 0.05) is 25.1 Å². The normalized spacial score (nSPS) is 11.4. The van der Waals surface area contributed by atoms with Crippen molar-refractivity contribution in [1.29, 1.82) is 0 Å². The lowest BCUT2D eigenvalue weighted by molar-refractivity contribution is -0.132. The standard InChI is InChI=1S/C21H21NO6S/c1-5-27-21(24)18-13(2)22(4)16-11-12-17(28-14(3)23)20(19(16)18)29(25,26)15-9-7-6-8-10-15/h6-12H,5H2,1-4H3. The van der Waals surface area contributed by atoms with Gasteiger partial charge in [0.05, 0.1) is 22.6 Å². The van der Waals surface area contributed by atoms with E-state index in [1.54, 1.807) is 49.7 Å². The van der Waals surface area contributed by atoms with Crippen LogP contribution >= 0.6 is 0 Å². The molecule has 1 aromatic heterocycles. The van der Waals surface area contributed by atoms with E-state index < -0.39 is 21.8 Å². The fraction of sp³-hybridized carbons (Fsp3) is 0.238. The number of hydrogen-bond acceptors (Lipinski definition) is 6. The molecule has 1 heterocycles. The van der Waals surface area contributed by atoms with Crippen molar-refractivity contribution in [2.75, 3.05) is 6.61 Å². The van der Waals surface area contributed by atoms with Crippen molar-refractivity contribution in [2.45, 2.75) is 30.6 Å².